The number of rotatable bonds is 2. The lowest BCUT2D eigenvalue weighted by Crippen LogP contribution is -2.17. The Bertz CT molecular complexity index is 400. The van der Waals surface area contributed by atoms with E-state index in [4.69, 9.17) is 17.3 Å². The summed E-state index contributed by atoms with van der Waals surface area (Å²) >= 11 is 5.93. The normalized spacial score (nSPS) is 13.1. The summed E-state index contributed by atoms with van der Waals surface area (Å²) in [5.74, 6) is 0.565. The number of aromatic amines is 1. The molecule has 2 aromatic heterocycles. The molecule has 6 nitrogen and oxygen atoms in total. The topological polar surface area (TPSA) is 85.4 Å². The predicted octanol–water partition coefficient (Wildman–Crippen LogP) is 0.240. The third-order valence-electron chi connectivity index (χ3n) is 1.96. The van der Waals surface area contributed by atoms with Crippen molar-refractivity contribution in [1.82, 2.24) is 25.0 Å². The highest BCUT2D eigenvalue weighted by atomic mass is 35.5. The van der Waals surface area contributed by atoms with Crippen LogP contribution in [-0.2, 0) is 7.05 Å². The van der Waals surface area contributed by atoms with E-state index >= 15 is 0 Å². The van der Waals surface area contributed by atoms with Gasteiger partial charge >= 0.3 is 0 Å². The van der Waals surface area contributed by atoms with Gasteiger partial charge in [-0.05, 0) is 0 Å². The molecule has 3 N–H and O–H groups in total. The number of aromatic nitrogens is 5. The van der Waals surface area contributed by atoms with Gasteiger partial charge in [-0.25, -0.2) is 4.98 Å². The molecule has 0 amide bonds. The number of nitrogens with one attached hydrogen (secondary N) is 1. The molecule has 7 heteroatoms. The maximum Gasteiger partial charge on any atom is 0.147 e. The van der Waals surface area contributed by atoms with Crippen molar-refractivity contribution >= 4 is 11.6 Å². The molecule has 0 spiro atoms. The summed E-state index contributed by atoms with van der Waals surface area (Å²) in [5.41, 5.74) is 6.64. The average molecular weight is 213 g/mol. The summed E-state index contributed by atoms with van der Waals surface area (Å²) in [6.45, 7) is 0. The van der Waals surface area contributed by atoms with Crippen LogP contribution in [0.15, 0.2) is 12.5 Å². The molecule has 0 aliphatic rings. The highest BCUT2D eigenvalue weighted by molar-refractivity contribution is 6.31. The van der Waals surface area contributed by atoms with Crippen LogP contribution in [-0.4, -0.2) is 25.0 Å². The van der Waals surface area contributed by atoms with Crippen LogP contribution >= 0.6 is 11.6 Å². The SMILES string of the molecule is Cn1ncc(Cl)c1C(N)c1ncn[nH]1. The largest absolute Gasteiger partial charge is 0.316 e. The average Bonchev–Trinajstić information content (AvgIpc) is 2.75. The Morgan fingerprint density at radius 3 is 2.93 bits per heavy atom. The molecule has 2 aromatic rings. The predicted molar refractivity (Wildman–Crippen MR) is 50.6 cm³/mol. The van der Waals surface area contributed by atoms with Gasteiger partial charge in [0.15, 0.2) is 0 Å². The summed E-state index contributed by atoms with van der Waals surface area (Å²) in [5, 5.41) is 10.9. The fourth-order valence-electron chi connectivity index (χ4n) is 1.26. The van der Waals surface area contributed by atoms with Gasteiger partial charge in [-0.3, -0.25) is 9.78 Å². The van der Waals surface area contributed by atoms with Gasteiger partial charge < -0.3 is 5.73 Å². The maximum absolute atomic E-state index is 5.93. The summed E-state index contributed by atoms with van der Waals surface area (Å²) in [7, 11) is 1.78. The minimum Gasteiger partial charge on any atom is -0.316 e. The van der Waals surface area contributed by atoms with Crippen LogP contribution in [0.1, 0.15) is 17.6 Å². The lowest BCUT2D eigenvalue weighted by molar-refractivity contribution is 0.653. The van der Waals surface area contributed by atoms with Crippen LogP contribution < -0.4 is 5.73 Å². The molecule has 1 unspecified atom stereocenters. The molecule has 0 aliphatic carbocycles. The number of halogens is 1. The van der Waals surface area contributed by atoms with E-state index < -0.39 is 6.04 Å². The van der Waals surface area contributed by atoms with Gasteiger partial charge in [0.1, 0.15) is 18.2 Å². The second kappa shape index (κ2) is 3.39. The Hall–Kier alpha value is -1.40. The molecular formula is C7H9ClN6. The monoisotopic (exact) mass is 212 g/mol. The summed E-state index contributed by atoms with van der Waals surface area (Å²) in [6, 6.07) is -0.433. The molecule has 2 heterocycles. The zero-order chi connectivity index (χ0) is 10.1. The first kappa shape index (κ1) is 9.17. The summed E-state index contributed by atoms with van der Waals surface area (Å²) in [6.07, 6.45) is 2.95. The molecule has 1 atom stereocenters. The van der Waals surface area contributed by atoms with E-state index in [1.54, 1.807) is 17.9 Å². The smallest absolute Gasteiger partial charge is 0.147 e. The quantitative estimate of drug-likeness (QED) is 0.747. The van der Waals surface area contributed by atoms with E-state index in [0.717, 1.165) is 0 Å². The minimum atomic E-state index is -0.433. The molecule has 0 aromatic carbocycles. The molecule has 0 fully saturated rings. The second-order valence-electron chi connectivity index (χ2n) is 2.85. The van der Waals surface area contributed by atoms with Crippen LogP contribution in [0, 0.1) is 0 Å². The van der Waals surface area contributed by atoms with E-state index in [0.29, 0.717) is 16.5 Å². The van der Waals surface area contributed by atoms with Crippen molar-refractivity contribution in [2.45, 2.75) is 6.04 Å². The van der Waals surface area contributed by atoms with Crippen LogP contribution in [0.4, 0.5) is 0 Å². The molecule has 0 radical (unpaired) electrons. The van der Waals surface area contributed by atoms with Crippen LogP contribution in [0.5, 0.6) is 0 Å². The second-order valence-corrected chi connectivity index (χ2v) is 3.26. The number of aryl methyl sites for hydroxylation is 1. The van der Waals surface area contributed by atoms with E-state index in [9.17, 15) is 0 Å². The number of nitrogens with two attached hydrogens (primary N) is 1. The van der Waals surface area contributed by atoms with Crippen molar-refractivity contribution in [3.63, 3.8) is 0 Å². The van der Waals surface area contributed by atoms with Gasteiger partial charge in [0, 0.05) is 7.05 Å². The van der Waals surface area contributed by atoms with Crippen molar-refractivity contribution in [3.8, 4) is 0 Å². The Kier molecular flexibility index (Phi) is 2.22. The van der Waals surface area contributed by atoms with Crippen LogP contribution in [0.2, 0.25) is 5.02 Å². The minimum absolute atomic E-state index is 0.433. The number of hydrogen-bond donors (Lipinski definition) is 2. The molecule has 0 aliphatic heterocycles. The van der Waals surface area contributed by atoms with Crippen LogP contribution in [0.3, 0.4) is 0 Å². The van der Waals surface area contributed by atoms with Gasteiger partial charge in [0.2, 0.25) is 0 Å². The third-order valence-corrected chi connectivity index (χ3v) is 2.25. The fraction of sp³-hybridized carbons (Fsp3) is 0.286. The Morgan fingerprint density at radius 2 is 2.43 bits per heavy atom. The van der Waals surface area contributed by atoms with Gasteiger partial charge in [0.05, 0.1) is 16.9 Å². The first-order chi connectivity index (χ1) is 6.70. The van der Waals surface area contributed by atoms with Gasteiger partial charge in [-0.1, -0.05) is 11.6 Å². The molecule has 74 valence electrons. The van der Waals surface area contributed by atoms with Crippen molar-refractivity contribution in [3.05, 3.63) is 29.1 Å². The summed E-state index contributed by atoms with van der Waals surface area (Å²) < 4.78 is 1.62. The molecule has 0 bridgehead atoms. The molecule has 14 heavy (non-hydrogen) atoms. The lowest BCUT2D eigenvalue weighted by atomic mass is 10.2. The fourth-order valence-corrected chi connectivity index (χ4v) is 1.55. The Labute approximate surface area is 85.1 Å². The highest BCUT2D eigenvalue weighted by Gasteiger charge is 2.18. The molecule has 0 saturated carbocycles. The number of hydrogen-bond acceptors (Lipinski definition) is 4. The van der Waals surface area contributed by atoms with E-state index in [2.05, 4.69) is 20.3 Å². The number of nitrogens with zero attached hydrogens (tertiary/aromatic N) is 4. The van der Waals surface area contributed by atoms with E-state index in [1.807, 2.05) is 0 Å². The first-order valence-corrected chi connectivity index (χ1v) is 4.36. The van der Waals surface area contributed by atoms with Gasteiger partial charge in [0.25, 0.3) is 0 Å². The molecule has 2 rings (SSSR count). The van der Waals surface area contributed by atoms with Crippen molar-refractivity contribution in [1.29, 1.82) is 0 Å². The van der Waals surface area contributed by atoms with Gasteiger partial charge in [-0.2, -0.15) is 10.2 Å². The zero-order valence-corrected chi connectivity index (χ0v) is 8.23. The van der Waals surface area contributed by atoms with E-state index in [-0.39, 0.29) is 0 Å². The third kappa shape index (κ3) is 1.38. The van der Waals surface area contributed by atoms with Crippen molar-refractivity contribution < 1.29 is 0 Å². The van der Waals surface area contributed by atoms with Crippen molar-refractivity contribution in [2.24, 2.45) is 12.8 Å². The van der Waals surface area contributed by atoms with Crippen LogP contribution in [0.25, 0.3) is 0 Å². The number of H-pyrrole nitrogens is 1. The maximum atomic E-state index is 5.93. The van der Waals surface area contributed by atoms with Crippen molar-refractivity contribution in [2.75, 3.05) is 0 Å². The van der Waals surface area contributed by atoms with Gasteiger partial charge in [-0.15, -0.1) is 0 Å². The highest BCUT2D eigenvalue weighted by Crippen LogP contribution is 2.23. The lowest BCUT2D eigenvalue weighted by Gasteiger charge is -2.08. The Balaban J connectivity index is 2.41. The zero-order valence-electron chi connectivity index (χ0n) is 7.48. The first-order valence-electron chi connectivity index (χ1n) is 3.98. The molecule has 0 saturated heterocycles. The van der Waals surface area contributed by atoms with E-state index in [1.165, 1.54) is 6.33 Å². The summed E-state index contributed by atoms with van der Waals surface area (Å²) in [4.78, 5) is 3.96. The molecular weight excluding hydrogens is 204 g/mol. The Morgan fingerprint density at radius 1 is 1.64 bits per heavy atom. The standard InChI is InChI=1S/C7H9ClN6/c1-14-6(4(8)2-12-14)5(9)7-10-3-11-13-7/h2-3,5H,9H2,1H3,(H,10,11,13).